The Morgan fingerprint density at radius 1 is 1.21 bits per heavy atom. The molecule has 1 unspecified atom stereocenters. The van der Waals surface area contributed by atoms with E-state index in [9.17, 15) is 13.5 Å². The van der Waals surface area contributed by atoms with Crippen LogP contribution in [0.1, 0.15) is 32.6 Å². The summed E-state index contributed by atoms with van der Waals surface area (Å²) in [4.78, 5) is 12.9. The fourth-order valence-electron chi connectivity index (χ4n) is 3.18. The molecule has 0 fully saturated rings. The summed E-state index contributed by atoms with van der Waals surface area (Å²) in [5, 5.41) is 15.6. The van der Waals surface area contributed by atoms with E-state index in [0.29, 0.717) is 34.4 Å². The number of allylic oxidation sites excluding steroid dienone is 1. The second-order valence-corrected chi connectivity index (χ2v) is 10.3. The SMILES string of the molecule is CC[C@H](CO)Nc1nc(Nc2ccc(S(=O)(=O)NCCCCC3C=CN=C3)cc2)ncc1Br. The Morgan fingerprint density at radius 3 is 2.67 bits per heavy atom. The lowest BCUT2D eigenvalue weighted by Crippen LogP contribution is -2.24. The highest BCUT2D eigenvalue weighted by molar-refractivity contribution is 9.10. The highest BCUT2D eigenvalue weighted by atomic mass is 79.9. The predicted molar refractivity (Wildman–Crippen MR) is 134 cm³/mol. The molecule has 0 aliphatic carbocycles. The first-order valence-electron chi connectivity index (χ1n) is 10.9. The molecule has 0 bridgehead atoms. The largest absolute Gasteiger partial charge is 0.394 e. The standard InChI is InChI=1S/C22H29BrN6O3S/c1-2-17(15-30)27-21-20(23)14-25-22(29-21)28-18-6-8-19(9-7-18)33(31,32)26-11-4-3-5-16-10-12-24-13-16/h6-10,12-14,16-17,26,30H,2-5,11,15H2,1H3,(H2,25,27,28,29)/t16?,17-/m1/s1. The van der Waals surface area contributed by atoms with Gasteiger partial charge in [0, 0.05) is 36.8 Å². The summed E-state index contributed by atoms with van der Waals surface area (Å²) in [5.41, 5.74) is 0.655. The summed E-state index contributed by atoms with van der Waals surface area (Å²) in [6.45, 7) is 2.35. The van der Waals surface area contributed by atoms with Crippen LogP contribution in [0, 0.1) is 5.92 Å². The lowest BCUT2D eigenvalue weighted by atomic mass is 10.0. The number of hydrogen-bond acceptors (Lipinski definition) is 8. The first-order chi connectivity index (χ1) is 15.9. The number of aromatic nitrogens is 2. The number of aliphatic hydroxyl groups is 1. The molecule has 1 aromatic carbocycles. The van der Waals surface area contributed by atoms with E-state index in [-0.39, 0.29) is 17.5 Å². The van der Waals surface area contributed by atoms with Crippen molar-refractivity contribution in [2.24, 2.45) is 10.9 Å². The molecule has 4 N–H and O–H groups in total. The predicted octanol–water partition coefficient (Wildman–Crippen LogP) is 3.83. The van der Waals surface area contributed by atoms with Crippen LogP contribution in [-0.2, 0) is 10.0 Å². The van der Waals surface area contributed by atoms with E-state index in [1.165, 1.54) is 0 Å². The number of anilines is 3. The summed E-state index contributed by atoms with van der Waals surface area (Å²) < 4.78 is 28.4. The van der Waals surface area contributed by atoms with Gasteiger partial charge < -0.3 is 15.7 Å². The first-order valence-corrected chi connectivity index (χ1v) is 13.2. The Kier molecular flexibility index (Phi) is 9.36. The monoisotopic (exact) mass is 536 g/mol. The number of sulfonamides is 1. The molecule has 1 aromatic heterocycles. The minimum absolute atomic E-state index is 0.00758. The van der Waals surface area contributed by atoms with Crippen molar-refractivity contribution < 1.29 is 13.5 Å². The number of nitrogens with one attached hydrogen (secondary N) is 3. The number of rotatable bonds is 13. The molecule has 2 aromatic rings. The number of aliphatic imine (C=N–C) groups is 1. The Labute approximate surface area is 203 Å². The second kappa shape index (κ2) is 12.2. The summed E-state index contributed by atoms with van der Waals surface area (Å²) >= 11 is 3.40. The van der Waals surface area contributed by atoms with Gasteiger partial charge in [-0.2, -0.15) is 4.98 Å². The summed E-state index contributed by atoms with van der Waals surface area (Å²) in [6, 6.07) is 6.31. The molecule has 178 valence electrons. The lowest BCUT2D eigenvalue weighted by molar-refractivity contribution is 0.271. The van der Waals surface area contributed by atoms with Crippen molar-refractivity contribution in [1.29, 1.82) is 0 Å². The molecular weight excluding hydrogens is 508 g/mol. The zero-order valence-corrected chi connectivity index (χ0v) is 20.8. The van der Waals surface area contributed by atoms with Crippen LogP contribution >= 0.6 is 15.9 Å². The van der Waals surface area contributed by atoms with Gasteiger partial charge in [-0.25, -0.2) is 18.1 Å². The number of halogens is 1. The maximum atomic E-state index is 12.5. The van der Waals surface area contributed by atoms with Crippen molar-refractivity contribution >= 4 is 49.6 Å². The van der Waals surface area contributed by atoms with Crippen molar-refractivity contribution in [3.63, 3.8) is 0 Å². The van der Waals surface area contributed by atoms with Gasteiger partial charge in [0.1, 0.15) is 5.82 Å². The number of aliphatic hydroxyl groups excluding tert-OH is 1. The zero-order valence-electron chi connectivity index (χ0n) is 18.4. The van der Waals surface area contributed by atoms with Crippen LogP contribution in [0.5, 0.6) is 0 Å². The van der Waals surface area contributed by atoms with Gasteiger partial charge in [-0.1, -0.05) is 19.4 Å². The second-order valence-electron chi connectivity index (χ2n) is 7.67. The van der Waals surface area contributed by atoms with E-state index in [0.717, 1.165) is 25.7 Å². The van der Waals surface area contributed by atoms with Gasteiger partial charge in [0.25, 0.3) is 0 Å². The molecule has 2 heterocycles. The smallest absolute Gasteiger partial charge is 0.240 e. The molecule has 0 radical (unpaired) electrons. The molecule has 33 heavy (non-hydrogen) atoms. The van der Waals surface area contributed by atoms with Crippen LogP contribution in [-0.4, -0.2) is 48.9 Å². The van der Waals surface area contributed by atoms with Crippen LogP contribution in [0.3, 0.4) is 0 Å². The van der Waals surface area contributed by atoms with Crippen molar-refractivity contribution in [1.82, 2.24) is 14.7 Å². The molecule has 0 amide bonds. The normalized spacial score (nSPS) is 16.2. The fourth-order valence-corrected chi connectivity index (χ4v) is 4.56. The third-order valence-electron chi connectivity index (χ3n) is 5.17. The van der Waals surface area contributed by atoms with Crippen LogP contribution < -0.4 is 15.4 Å². The van der Waals surface area contributed by atoms with Crippen molar-refractivity contribution in [2.75, 3.05) is 23.8 Å². The minimum atomic E-state index is -3.57. The quantitative estimate of drug-likeness (QED) is 0.286. The van der Waals surface area contributed by atoms with E-state index >= 15 is 0 Å². The molecular formula is C22H29BrN6O3S. The molecule has 0 saturated heterocycles. The molecule has 0 spiro atoms. The van der Waals surface area contributed by atoms with Gasteiger partial charge in [-0.3, -0.25) is 4.99 Å². The molecule has 2 atom stereocenters. The van der Waals surface area contributed by atoms with Crippen molar-refractivity contribution in [2.45, 2.75) is 43.5 Å². The van der Waals surface area contributed by atoms with Crippen molar-refractivity contribution in [3.8, 4) is 0 Å². The van der Waals surface area contributed by atoms with Gasteiger partial charge in [0.15, 0.2) is 0 Å². The average Bonchev–Trinajstić information content (AvgIpc) is 3.33. The molecule has 0 saturated carbocycles. The summed E-state index contributed by atoms with van der Waals surface area (Å²) in [7, 11) is -3.57. The molecule has 11 heteroatoms. The Bertz CT molecular complexity index is 1060. The van der Waals surface area contributed by atoms with E-state index in [2.05, 4.69) is 46.2 Å². The zero-order chi connectivity index (χ0) is 23.7. The molecule has 1 aliphatic rings. The topological polar surface area (TPSA) is 129 Å². The van der Waals surface area contributed by atoms with Crippen LogP contribution in [0.2, 0.25) is 0 Å². The number of unbranched alkanes of at least 4 members (excludes halogenated alkanes) is 1. The average molecular weight is 537 g/mol. The minimum Gasteiger partial charge on any atom is -0.394 e. The third-order valence-corrected chi connectivity index (χ3v) is 7.23. The maximum Gasteiger partial charge on any atom is 0.240 e. The van der Waals surface area contributed by atoms with Gasteiger partial charge in [0.05, 0.1) is 22.0 Å². The van der Waals surface area contributed by atoms with Gasteiger partial charge in [0.2, 0.25) is 16.0 Å². The fraction of sp³-hybridized carbons (Fsp3) is 0.409. The Balaban J connectivity index is 1.53. The highest BCUT2D eigenvalue weighted by Crippen LogP contribution is 2.23. The van der Waals surface area contributed by atoms with Crippen LogP contribution in [0.15, 0.2) is 57.1 Å². The Hall–Kier alpha value is -2.34. The van der Waals surface area contributed by atoms with E-state index in [4.69, 9.17) is 0 Å². The highest BCUT2D eigenvalue weighted by Gasteiger charge is 2.14. The van der Waals surface area contributed by atoms with Gasteiger partial charge >= 0.3 is 0 Å². The van der Waals surface area contributed by atoms with E-state index < -0.39 is 10.0 Å². The van der Waals surface area contributed by atoms with Crippen LogP contribution in [0.4, 0.5) is 17.5 Å². The number of nitrogens with zero attached hydrogens (tertiary/aromatic N) is 3. The first kappa shape index (κ1) is 25.3. The van der Waals surface area contributed by atoms with E-state index in [1.807, 2.05) is 19.2 Å². The summed E-state index contributed by atoms with van der Waals surface area (Å²) in [5.74, 6) is 1.28. The lowest BCUT2D eigenvalue weighted by Gasteiger charge is -2.16. The van der Waals surface area contributed by atoms with Crippen molar-refractivity contribution in [3.05, 3.63) is 47.2 Å². The van der Waals surface area contributed by atoms with Gasteiger partial charge in [-0.05, 0) is 59.5 Å². The van der Waals surface area contributed by atoms with Gasteiger partial charge in [-0.15, -0.1) is 0 Å². The maximum absolute atomic E-state index is 12.5. The van der Waals surface area contributed by atoms with Crippen LogP contribution in [0.25, 0.3) is 0 Å². The molecule has 1 aliphatic heterocycles. The molecule has 9 nitrogen and oxygen atoms in total. The molecule has 3 rings (SSSR count). The number of hydrogen-bond donors (Lipinski definition) is 4. The van der Waals surface area contributed by atoms with E-state index in [1.54, 1.807) is 36.7 Å². The number of benzene rings is 1. The summed E-state index contributed by atoms with van der Waals surface area (Å²) in [6.07, 6.45) is 10.8. The Morgan fingerprint density at radius 2 is 2.00 bits per heavy atom. The third kappa shape index (κ3) is 7.60.